The first-order chi connectivity index (χ1) is 14.9. The largest absolute Gasteiger partial charge is 0.468 e. The maximum atomic E-state index is 13.0. The number of hydrogen-bond acceptors (Lipinski definition) is 8. The van der Waals surface area contributed by atoms with E-state index in [0.717, 1.165) is 16.9 Å². The fraction of sp³-hybridized carbons (Fsp3) is 0.200. The standard InChI is InChI=1S/C20H18N2O7S2/c23-19(21-10-13-5-6-14-16(9-13)29-12-28-14)20(24)22-11-17(15-3-1-7-27-15)31(25,26)18-4-2-8-30-18/h1-9,17H,10-12H2,(H,21,23)(H,22,24)/t17-/m0/s1. The zero-order chi connectivity index (χ0) is 21.8. The van der Waals surface area contributed by atoms with Crippen LogP contribution in [-0.4, -0.2) is 33.6 Å². The Morgan fingerprint density at radius 1 is 1.03 bits per heavy atom. The van der Waals surface area contributed by atoms with Crippen LogP contribution in [0.15, 0.2) is 62.7 Å². The minimum absolute atomic E-state index is 0.0952. The number of thiophene rings is 1. The van der Waals surface area contributed by atoms with E-state index in [4.69, 9.17) is 13.9 Å². The van der Waals surface area contributed by atoms with E-state index in [1.807, 2.05) is 0 Å². The second kappa shape index (κ2) is 8.82. The summed E-state index contributed by atoms with van der Waals surface area (Å²) in [6, 6.07) is 11.4. The highest BCUT2D eigenvalue weighted by atomic mass is 32.2. The first kappa shape index (κ1) is 20.9. The Morgan fingerprint density at radius 2 is 1.84 bits per heavy atom. The van der Waals surface area contributed by atoms with E-state index in [1.54, 1.807) is 35.7 Å². The van der Waals surface area contributed by atoms with Gasteiger partial charge in [0, 0.05) is 13.1 Å². The van der Waals surface area contributed by atoms with Gasteiger partial charge in [0.1, 0.15) is 15.2 Å². The van der Waals surface area contributed by atoms with Crippen molar-refractivity contribution in [3.63, 3.8) is 0 Å². The molecule has 0 spiro atoms. The van der Waals surface area contributed by atoms with Gasteiger partial charge in [-0.2, -0.15) is 0 Å². The molecule has 0 aliphatic carbocycles. The molecule has 1 aliphatic rings. The molecule has 2 amide bonds. The molecule has 0 unspecified atom stereocenters. The molecule has 2 N–H and O–H groups in total. The fourth-order valence-electron chi connectivity index (χ4n) is 2.98. The van der Waals surface area contributed by atoms with Crippen molar-refractivity contribution in [2.75, 3.05) is 13.3 Å². The predicted molar refractivity (Wildman–Crippen MR) is 110 cm³/mol. The van der Waals surface area contributed by atoms with E-state index < -0.39 is 26.9 Å². The molecule has 0 saturated heterocycles. The lowest BCUT2D eigenvalue weighted by Gasteiger charge is -2.15. The number of amides is 2. The van der Waals surface area contributed by atoms with Gasteiger partial charge in [0.25, 0.3) is 0 Å². The third-order valence-electron chi connectivity index (χ3n) is 4.55. The Kier molecular flexibility index (Phi) is 5.96. The van der Waals surface area contributed by atoms with Crippen molar-refractivity contribution in [2.45, 2.75) is 16.0 Å². The number of rotatable bonds is 7. The zero-order valence-corrected chi connectivity index (χ0v) is 17.7. The molecule has 0 radical (unpaired) electrons. The van der Waals surface area contributed by atoms with Gasteiger partial charge in [-0.1, -0.05) is 12.1 Å². The lowest BCUT2D eigenvalue weighted by atomic mass is 10.2. The molecule has 31 heavy (non-hydrogen) atoms. The number of ether oxygens (including phenoxy) is 2. The Balaban J connectivity index is 1.38. The normalized spacial score (nSPS) is 13.5. The van der Waals surface area contributed by atoms with Gasteiger partial charge in [-0.15, -0.1) is 11.3 Å². The van der Waals surface area contributed by atoms with Crippen molar-refractivity contribution < 1.29 is 31.9 Å². The van der Waals surface area contributed by atoms with Crippen LogP contribution >= 0.6 is 11.3 Å². The molecule has 11 heteroatoms. The summed E-state index contributed by atoms with van der Waals surface area (Å²) in [4.78, 5) is 24.4. The minimum Gasteiger partial charge on any atom is -0.468 e. The van der Waals surface area contributed by atoms with Crippen LogP contribution in [0.2, 0.25) is 0 Å². The summed E-state index contributed by atoms with van der Waals surface area (Å²) in [5.74, 6) is -0.474. The van der Waals surface area contributed by atoms with Gasteiger partial charge >= 0.3 is 11.8 Å². The van der Waals surface area contributed by atoms with Crippen LogP contribution in [0.3, 0.4) is 0 Å². The molecule has 162 valence electrons. The molecule has 1 atom stereocenters. The van der Waals surface area contributed by atoms with Crippen molar-refractivity contribution in [3.8, 4) is 11.5 Å². The number of fused-ring (bicyclic) bond motifs is 1. The number of hydrogen-bond donors (Lipinski definition) is 2. The summed E-state index contributed by atoms with van der Waals surface area (Å²) < 4.78 is 41.8. The maximum Gasteiger partial charge on any atom is 0.309 e. The van der Waals surface area contributed by atoms with Crippen LogP contribution in [0.5, 0.6) is 11.5 Å². The molecule has 1 aromatic carbocycles. The molecule has 2 aromatic heterocycles. The number of benzene rings is 1. The lowest BCUT2D eigenvalue weighted by Crippen LogP contribution is -2.42. The molecule has 0 bridgehead atoms. The molecular weight excluding hydrogens is 444 g/mol. The molecule has 1 aliphatic heterocycles. The van der Waals surface area contributed by atoms with Crippen molar-refractivity contribution in [2.24, 2.45) is 0 Å². The quantitative estimate of drug-likeness (QED) is 0.515. The highest BCUT2D eigenvalue weighted by Crippen LogP contribution is 2.33. The highest BCUT2D eigenvalue weighted by Gasteiger charge is 2.33. The van der Waals surface area contributed by atoms with Gasteiger partial charge < -0.3 is 24.5 Å². The summed E-state index contributed by atoms with van der Waals surface area (Å²) in [7, 11) is -3.81. The maximum absolute atomic E-state index is 13.0. The van der Waals surface area contributed by atoms with Crippen LogP contribution in [0.1, 0.15) is 16.6 Å². The summed E-state index contributed by atoms with van der Waals surface area (Å²) in [5.41, 5.74) is 0.721. The first-order valence-corrected chi connectivity index (χ1v) is 11.6. The van der Waals surface area contributed by atoms with Gasteiger partial charge in [-0.25, -0.2) is 8.42 Å². The van der Waals surface area contributed by atoms with Crippen LogP contribution in [-0.2, 0) is 26.0 Å². The predicted octanol–water partition coefficient (Wildman–Crippen LogP) is 2.02. The second-order valence-corrected chi connectivity index (χ2v) is 9.87. The minimum atomic E-state index is -3.81. The molecule has 9 nitrogen and oxygen atoms in total. The molecule has 3 heterocycles. The molecule has 0 saturated carbocycles. The van der Waals surface area contributed by atoms with E-state index in [0.29, 0.717) is 11.5 Å². The van der Waals surface area contributed by atoms with E-state index in [9.17, 15) is 18.0 Å². The number of carbonyl (C=O) groups excluding carboxylic acids is 2. The van der Waals surface area contributed by atoms with Crippen LogP contribution in [0.4, 0.5) is 0 Å². The van der Waals surface area contributed by atoms with E-state index in [1.165, 1.54) is 18.4 Å². The van der Waals surface area contributed by atoms with Crippen LogP contribution in [0, 0.1) is 0 Å². The number of carbonyl (C=O) groups is 2. The average Bonchev–Trinajstić information content (AvgIpc) is 3.53. The molecule has 3 aromatic rings. The second-order valence-electron chi connectivity index (χ2n) is 6.56. The van der Waals surface area contributed by atoms with E-state index >= 15 is 0 Å². The topological polar surface area (TPSA) is 124 Å². The van der Waals surface area contributed by atoms with Gasteiger partial charge in [-0.3, -0.25) is 9.59 Å². The smallest absolute Gasteiger partial charge is 0.309 e. The Hall–Kier alpha value is -3.31. The van der Waals surface area contributed by atoms with Crippen molar-refractivity contribution >= 4 is 33.0 Å². The fourth-order valence-corrected chi connectivity index (χ4v) is 5.77. The van der Waals surface area contributed by atoms with E-state index in [-0.39, 0.29) is 29.9 Å². The highest BCUT2D eigenvalue weighted by molar-refractivity contribution is 7.93. The Labute approximate surface area is 181 Å². The Morgan fingerprint density at radius 3 is 2.58 bits per heavy atom. The van der Waals surface area contributed by atoms with Crippen LogP contribution < -0.4 is 20.1 Å². The third kappa shape index (κ3) is 4.57. The zero-order valence-electron chi connectivity index (χ0n) is 16.1. The number of sulfone groups is 1. The van der Waals surface area contributed by atoms with Crippen molar-refractivity contribution in [1.29, 1.82) is 0 Å². The molecule has 4 rings (SSSR count). The van der Waals surface area contributed by atoms with Gasteiger partial charge in [0.15, 0.2) is 21.3 Å². The monoisotopic (exact) mass is 462 g/mol. The van der Waals surface area contributed by atoms with Gasteiger partial charge in [0.2, 0.25) is 6.79 Å². The third-order valence-corrected chi connectivity index (χ3v) is 8.05. The summed E-state index contributed by atoms with van der Waals surface area (Å²) in [5, 5.41) is 5.37. The first-order valence-electron chi connectivity index (χ1n) is 9.20. The summed E-state index contributed by atoms with van der Waals surface area (Å²) >= 11 is 1.07. The van der Waals surface area contributed by atoms with Crippen molar-refractivity contribution in [1.82, 2.24) is 10.6 Å². The summed E-state index contributed by atoms with van der Waals surface area (Å²) in [6.45, 7) is -0.0825. The summed E-state index contributed by atoms with van der Waals surface area (Å²) in [6.07, 6.45) is 1.35. The average molecular weight is 463 g/mol. The molecule has 0 fully saturated rings. The Bertz CT molecular complexity index is 1170. The van der Waals surface area contributed by atoms with Crippen LogP contribution in [0.25, 0.3) is 0 Å². The lowest BCUT2D eigenvalue weighted by molar-refractivity contribution is -0.139. The SMILES string of the molecule is O=C(NCc1ccc2c(c1)OCO2)C(=O)NC[C@@H](c1ccco1)S(=O)(=O)c1cccs1. The van der Waals surface area contributed by atoms with E-state index in [2.05, 4.69) is 10.6 Å². The molecular formula is C20H18N2O7S2. The number of furan rings is 1. The van der Waals surface area contributed by atoms with Gasteiger partial charge in [0.05, 0.1) is 6.26 Å². The van der Waals surface area contributed by atoms with Gasteiger partial charge in [-0.05, 0) is 41.3 Å². The number of nitrogens with one attached hydrogen (secondary N) is 2. The van der Waals surface area contributed by atoms with Crippen molar-refractivity contribution in [3.05, 3.63) is 65.4 Å².